The second kappa shape index (κ2) is 10.2. The molecule has 0 saturated carbocycles. The maximum absolute atomic E-state index is 13.5. The third-order valence-corrected chi connectivity index (χ3v) is 6.03. The second-order valence-electron chi connectivity index (χ2n) is 7.81. The minimum atomic E-state index is -0.355. The molecular formula is C27H19BrN4O5. The number of ether oxygens (including phenoxy) is 3. The van der Waals surface area contributed by atoms with Crippen molar-refractivity contribution in [2.75, 3.05) is 20.8 Å². The largest absolute Gasteiger partial charge is 0.493 e. The monoisotopic (exact) mass is 558 g/mol. The normalized spacial score (nSPS) is 11.2. The fourth-order valence-electron chi connectivity index (χ4n) is 3.86. The Kier molecular flexibility index (Phi) is 6.62. The third-order valence-electron chi connectivity index (χ3n) is 5.54. The highest BCUT2D eigenvalue weighted by Gasteiger charge is 2.17. The Balaban J connectivity index is 1.67. The Morgan fingerprint density at radius 1 is 1.11 bits per heavy atom. The Labute approximate surface area is 219 Å². The summed E-state index contributed by atoms with van der Waals surface area (Å²) in [6, 6.07) is 19.7. The van der Waals surface area contributed by atoms with Gasteiger partial charge in [0.1, 0.15) is 11.7 Å². The number of hydrogen-bond donors (Lipinski definition) is 0. The smallest absolute Gasteiger partial charge is 0.282 e. The molecule has 0 spiro atoms. The molecule has 2 aromatic heterocycles. The van der Waals surface area contributed by atoms with E-state index in [0.29, 0.717) is 45.1 Å². The van der Waals surface area contributed by atoms with Crippen molar-refractivity contribution in [3.05, 3.63) is 81.1 Å². The van der Waals surface area contributed by atoms with Crippen LogP contribution in [0.2, 0.25) is 0 Å². The van der Waals surface area contributed by atoms with E-state index in [1.54, 1.807) is 30.3 Å². The molecule has 184 valence electrons. The van der Waals surface area contributed by atoms with Gasteiger partial charge in [0.15, 0.2) is 23.9 Å². The molecule has 0 aliphatic rings. The molecule has 9 nitrogen and oxygen atoms in total. The van der Waals surface area contributed by atoms with E-state index in [-0.39, 0.29) is 18.0 Å². The van der Waals surface area contributed by atoms with Crippen LogP contribution in [-0.2, 0) is 0 Å². The zero-order valence-electron chi connectivity index (χ0n) is 19.8. The number of furan rings is 1. The van der Waals surface area contributed by atoms with E-state index in [2.05, 4.69) is 21.0 Å². The minimum Gasteiger partial charge on any atom is -0.493 e. The first kappa shape index (κ1) is 24.1. The molecule has 5 rings (SSSR count). The lowest BCUT2D eigenvalue weighted by atomic mass is 10.2. The van der Waals surface area contributed by atoms with Crippen LogP contribution < -0.4 is 19.8 Å². The van der Waals surface area contributed by atoms with Crippen molar-refractivity contribution in [3.8, 4) is 34.9 Å². The molecule has 0 bridgehead atoms. The van der Waals surface area contributed by atoms with Gasteiger partial charge in [0, 0.05) is 15.4 Å². The molecule has 2 heterocycles. The summed E-state index contributed by atoms with van der Waals surface area (Å²) in [5, 5.41) is 14.6. The molecule has 0 fully saturated rings. The van der Waals surface area contributed by atoms with Crippen molar-refractivity contribution in [1.29, 1.82) is 5.26 Å². The second-order valence-corrected chi connectivity index (χ2v) is 8.72. The van der Waals surface area contributed by atoms with Crippen LogP contribution in [0.5, 0.6) is 17.2 Å². The van der Waals surface area contributed by atoms with E-state index in [0.717, 1.165) is 9.86 Å². The Morgan fingerprint density at radius 2 is 1.86 bits per heavy atom. The van der Waals surface area contributed by atoms with Crippen molar-refractivity contribution < 1.29 is 18.6 Å². The molecular weight excluding hydrogens is 540 g/mol. The maximum atomic E-state index is 13.5. The molecule has 0 aliphatic heterocycles. The van der Waals surface area contributed by atoms with E-state index in [1.165, 1.54) is 25.1 Å². The topological polar surface area (TPSA) is 112 Å². The highest BCUT2D eigenvalue weighted by atomic mass is 79.9. The van der Waals surface area contributed by atoms with Crippen molar-refractivity contribution in [2.24, 2.45) is 5.10 Å². The van der Waals surface area contributed by atoms with Crippen LogP contribution in [0.15, 0.2) is 79.4 Å². The summed E-state index contributed by atoms with van der Waals surface area (Å²) in [6.45, 7) is -0.171. The van der Waals surface area contributed by atoms with Gasteiger partial charge in [-0.05, 0) is 48.5 Å². The lowest BCUT2D eigenvalue weighted by Crippen LogP contribution is -2.20. The van der Waals surface area contributed by atoms with Crippen LogP contribution in [0, 0.1) is 11.3 Å². The fourth-order valence-corrected chi connectivity index (χ4v) is 4.24. The number of benzene rings is 3. The van der Waals surface area contributed by atoms with E-state index >= 15 is 0 Å². The van der Waals surface area contributed by atoms with Crippen molar-refractivity contribution >= 4 is 44.0 Å². The number of halogens is 1. The summed E-state index contributed by atoms with van der Waals surface area (Å²) in [7, 11) is 2.95. The van der Waals surface area contributed by atoms with Gasteiger partial charge in [0.05, 0.1) is 31.3 Å². The van der Waals surface area contributed by atoms with Gasteiger partial charge in [-0.25, -0.2) is 4.98 Å². The minimum absolute atomic E-state index is 0.171. The van der Waals surface area contributed by atoms with Gasteiger partial charge in [-0.2, -0.15) is 15.0 Å². The number of methoxy groups -OCH3 is 2. The molecule has 0 unspecified atom stereocenters. The standard InChI is InChI=1S/C27H19BrN4O5/c1-34-22-11-16(12-23(35-2)25(22)36-10-9-29)15-30-32-26(31-20-6-4-3-5-19(20)27(32)33)24-14-17-13-18(28)7-8-21(17)37-24/h3-8,11-15H,10H2,1-2H3. The van der Waals surface area contributed by atoms with Crippen molar-refractivity contribution in [2.45, 2.75) is 0 Å². The molecule has 0 N–H and O–H groups in total. The lowest BCUT2D eigenvalue weighted by Gasteiger charge is -2.13. The average molecular weight is 559 g/mol. The Bertz CT molecular complexity index is 1740. The number of nitriles is 1. The molecule has 0 aliphatic carbocycles. The zero-order valence-corrected chi connectivity index (χ0v) is 21.4. The van der Waals surface area contributed by atoms with E-state index in [9.17, 15) is 4.79 Å². The summed E-state index contributed by atoms with van der Waals surface area (Å²) in [4.78, 5) is 18.2. The van der Waals surface area contributed by atoms with Gasteiger partial charge in [0.2, 0.25) is 11.6 Å². The van der Waals surface area contributed by atoms with Gasteiger partial charge in [-0.1, -0.05) is 28.1 Å². The summed E-state index contributed by atoms with van der Waals surface area (Å²) in [5.74, 6) is 1.64. The van der Waals surface area contributed by atoms with Gasteiger partial charge < -0.3 is 18.6 Å². The SMILES string of the molecule is COc1cc(C=Nn2c(-c3cc4cc(Br)ccc4o3)nc3ccccc3c2=O)cc(OC)c1OCC#N. The fraction of sp³-hybridized carbons (Fsp3) is 0.111. The van der Waals surface area contributed by atoms with Crippen molar-refractivity contribution in [1.82, 2.24) is 9.66 Å². The van der Waals surface area contributed by atoms with Gasteiger partial charge in [-0.15, -0.1) is 0 Å². The van der Waals surface area contributed by atoms with Gasteiger partial charge in [-0.3, -0.25) is 4.79 Å². The van der Waals surface area contributed by atoms with E-state index < -0.39 is 0 Å². The number of fused-ring (bicyclic) bond motifs is 2. The van der Waals surface area contributed by atoms with E-state index in [1.807, 2.05) is 36.4 Å². The summed E-state index contributed by atoms with van der Waals surface area (Å²) in [6.07, 6.45) is 1.49. The Morgan fingerprint density at radius 3 is 2.59 bits per heavy atom. The average Bonchev–Trinajstić information content (AvgIpc) is 3.34. The molecule has 37 heavy (non-hydrogen) atoms. The summed E-state index contributed by atoms with van der Waals surface area (Å²) >= 11 is 3.47. The quantitative estimate of drug-likeness (QED) is 0.246. The van der Waals surface area contributed by atoms with Crippen LogP contribution in [0.4, 0.5) is 0 Å². The molecule has 10 heteroatoms. The zero-order chi connectivity index (χ0) is 25.9. The molecule has 0 saturated heterocycles. The highest BCUT2D eigenvalue weighted by Crippen LogP contribution is 2.38. The first-order chi connectivity index (χ1) is 18.0. The number of rotatable bonds is 7. The first-order valence-corrected chi connectivity index (χ1v) is 11.8. The van der Waals surface area contributed by atoms with Gasteiger partial charge >= 0.3 is 0 Å². The van der Waals surface area contributed by atoms with Gasteiger partial charge in [0.25, 0.3) is 5.56 Å². The van der Waals surface area contributed by atoms with Crippen LogP contribution in [-0.4, -0.2) is 36.7 Å². The summed E-state index contributed by atoms with van der Waals surface area (Å²) < 4.78 is 24.4. The summed E-state index contributed by atoms with van der Waals surface area (Å²) in [5.41, 5.74) is 1.39. The van der Waals surface area contributed by atoms with Crippen LogP contribution in [0.1, 0.15) is 5.56 Å². The van der Waals surface area contributed by atoms with Crippen LogP contribution in [0.3, 0.4) is 0 Å². The molecule has 3 aromatic carbocycles. The Hall–Kier alpha value is -4.62. The predicted octanol–water partition coefficient (Wildman–Crippen LogP) is 5.37. The number of para-hydroxylation sites is 1. The highest BCUT2D eigenvalue weighted by molar-refractivity contribution is 9.10. The first-order valence-electron chi connectivity index (χ1n) is 11.0. The molecule has 5 aromatic rings. The molecule has 0 amide bonds. The van der Waals surface area contributed by atoms with Crippen molar-refractivity contribution in [3.63, 3.8) is 0 Å². The maximum Gasteiger partial charge on any atom is 0.282 e. The number of nitrogens with zero attached hydrogens (tertiary/aromatic N) is 4. The van der Waals surface area contributed by atoms with Crippen LogP contribution in [0.25, 0.3) is 33.5 Å². The molecule has 0 atom stereocenters. The predicted molar refractivity (Wildman–Crippen MR) is 143 cm³/mol. The number of aromatic nitrogens is 2. The van der Waals surface area contributed by atoms with Crippen LogP contribution >= 0.6 is 15.9 Å². The molecule has 0 radical (unpaired) electrons. The van der Waals surface area contributed by atoms with E-state index in [4.69, 9.17) is 28.9 Å². The number of hydrogen-bond acceptors (Lipinski definition) is 8. The lowest BCUT2D eigenvalue weighted by molar-refractivity contribution is 0.303. The third kappa shape index (κ3) is 4.64.